The molecule has 3 aliphatic rings. The second-order valence-electron chi connectivity index (χ2n) is 9.08. The van der Waals surface area contributed by atoms with Crippen molar-refractivity contribution in [1.82, 2.24) is 14.9 Å². The quantitative estimate of drug-likeness (QED) is 0.644. The molecule has 2 aromatic rings. The molecular weight excluding hydrogens is 459 g/mol. The van der Waals surface area contributed by atoms with Gasteiger partial charge in [0.15, 0.2) is 0 Å². The van der Waals surface area contributed by atoms with Crippen molar-refractivity contribution in [3.8, 4) is 0 Å². The van der Waals surface area contributed by atoms with E-state index in [0.29, 0.717) is 38.9 Å². The lowest BCUT2D eigenvalue weighted by Gasteiger charge is -2.37. The number of nitrogens with one attached hydrogen (secondary N) is 2. The Balaban J connectivity index is 1.22. The topological polar surface area (TPSA) is 98.8 Å². The summed E-state index contributed by atoms with van der Waals surface area (Å²) in [5, 5.41) is 2.91. The van der Waals surface area contributed by atoms with E-state index in [-0.39, 0.29) is 22.8 Å². The monoisotopic (exact) mass is 486 g/mol. The van der Waals surface area contributed by atoms with Gasteiger partial charge in [0.2, 0.25) is 21.8 Å². The lowest BCUT2D eigenvalue weighted by atomic mass is 10.0. The Bertz CT molecular complexity index is 1200. The van der Waals surface area contributed by atoms with Gasteiger partial charge >= 0.3 is 0 Å². The third kappa shape index (κ3) is 4.45. The van der Waals surface area contributed by atoms with Crippen LogP contribution in [0, 0.1) is 5.82 Å². The van der Waals surface area contributed by atoms with Crippen molar-refractivity contribution in [2.45, 2.75) is 48.7 Å². The first-order valence-corrected chi connectivity index (χ1v) is 13.0. The number of hydrogen-bond donors (Lipinski definition) is 2. The van der Waals surface area contributed by atoms with Gasteiger partial charge in [-0.1, -0.05) is 18.2 Å². The summed E-state index contributed by atoms with van der Waals surface area (Å²) in [5.74, 6) is -0.575. The van der Waals surface area contributed by atoms with E-state index in [1.54, 1.807) is 0 Å². The van der Waals surface area contributed by atoms with E-state index < -0.39 is 27.9 Å². The zero-order valence-corrected chi connectivity index (χ0v) is 19.4. The van der Waals surface area contributed by atoms with Crippen LogP contribution >= 0.6 is 0 Å². The van der Waals surface area contributed by atoms with Gasteiger partial charge in [0.25, 0.3) is 0 Å². The van der Waals surface area contributed by atoms with Gasteiger partial charge in [0, 0.05) is 43.8 Å². The Morgan fingerprint density at radius 1 is 1.15 bits per heavy atom. The molecule has 3 unspecified atom stereocenters. The predicted octanol–water partition coefficient (Wildman–Crippen LogP) is 1.41. The highest BCUT2D eigenvalue weighted by atomic mass is 32.2. The van der Waals surface area contributed by atoms with Crippen LogP contribution in [0.4, 0.5) is 10.1 Å². The Hall–Kier alpha value is -2.82. The molecule has 3 atom stereocenters. The van der Waals surface area contributed by atoms with E-state index in [1.165, 1.54) is 17.7 Å². The predicted molar refractivity (Wildman–Crippen MR) is 124 cm³/mol. The zero-order chi connectivity index (χ0) is 23.9. The van der Waals surface area contributed by atoms with E-state index >= 15 is 0 Å². The molecule has 10 heteroatoms. The third-order valence-corrected chi connectivity index (χ3v) is 8.48. The number of amides is 2. The molecule has 8 nitrogen and oxygen atoms in total. The number of piperazine rings is 1. The van der Waals surface area contributed by atoms with Crippen molar-refractivity contribution in [3.63, 3.8) is 0 Å². The minimum absolute atomic E-state index is 0.0173. The maximum Gasteiger partial charge on any atom is 0.240 e. The van der Waals surface area contributed by atoms with Crippen LogP contribution < -0.4 is 14.9 Å². The van der Waals surface area contributed by atoms with Gasteiger partial charge in [-0.15, -0.1) is 0 Å². The molecule has 0 spiro atoms. The minimum atomic E-state index is -3.84. The molecule has 0 aliphatic carbocycles. The Morgan fingerprint density at radius 3 is 2.71 bits per heavy atom. The molecular formula is C24H27FN4O4S. The summed E-state index contributed by atoms with van der Waals surface area (Å²) in [4.78, 5) is 29.2. The second kappa shape index (κ2) is 9.09. The first-order chi connectivity index (χ1) is 16.3. The smallest absolute Gasteiger partial charge is 0.240 e. The Morgan fingerprint density at radius 2 is 1.91 bits per heavy atom. The van der Waals surface area contributed by atoms with Gasteiger partial charge in [-0.3, -0.25) is 14.5 Å². The van der Waals surface area contributed by atoms with E-state index in [0.717, 1.165) is 24.2 Å². The summed E-state index contributed by atoms with van der Waals surface area (Å²) in [6.07, 6.45) is 2.12. The van der Waals surface area contributed by atoms with Crippen LogP contribution in [-0.4, -0.2) is 62.9 Å². The molecule has 2 amide bonds. The van der Waals surface area contributed by atoms with Gasteiger partial charge in [-0.05, 0) is 55.2 Å². The fraction of sp³-hybridized carbons (Fsp3) is 0.417. The van der Waals surface area contributed by atoms with Crippen molar-refractivity contribution in [2.24, 2.45) is 0 Å². The molecule has 0 bridgehead atoms. The molecule has 0 radical (unpaired) electrons. The number of rotatable bonds is 6. The molecule has 5 rings (SSSR count). The molecule has 0 saturated carbocycles. The number of anilines is 1. The molecule has 0 aromatic heterocycles. The first kappa shape index (κ1) is 22.9. The van der Waals surface area contributed by atoms with Gasteiger partial charge in [-0.2, -0.15) is 0 Å². The first-order valence-electron chi connectivity index (χ1n) is 11.5. The summed E-state index contributed by atoms with van der Waals surface area (Å²) < 4.78 is 41.3. The van der Waals surface area contributed by atoms with Crippen molar-refractivity contribution < 1.29 is 22.4 Å². The number of hydrogen-bond acceptors (Lipinski definition) is 5. The van der Waals surface area contributed by atoms with Crippen LogP contribution in [0.2, 0.25) is 0 Å². The molecule has 34 heavy (non-hydrogen) atoms. The van der Waals surface area contributed by atoms with Crippen LogP contribution in [-0.2, 0) is 26.0 Å². The number of carbonyl (C=O) groups excluding carboxylic acids is 2. The molecule has 180 valence electrons. The number of para-hydroxylation sites is 1. The zero-order valence-electron chi connectivity index (χ0n) is 18.6. The van der Waals surface area contributed by atoms with Crippen molar-refractivity contribution in [3.05, 3.63) is 59.9 Å². The van der Waals surface area contributed by atoms with Crippen LogP contribution in [0.3, 0.4) is 0 Å². The second-order valence-corrected chi connectivity index (χ2v) is 10.8. The lowest BCUT2D eigenvalue weighted by molar-refractivity contribution is -0.129. The summed E-state index contributed by atoms with van der Waals surface area (Å²) in [6, 6.07) is 11.6. The normalized spacial score (nSPS) is 24.6. The van der Waals surface area contributed by atoms with Crippen LogP contribution in [0.1, 0.15) is 24.8 Å². The van der Waals surface area contributed by atoms with E-state index in [2.05, 4.69) is 10.0 Å². The molecule has 2 aromatic carbocycles. The summed E-state index contributed by atoms with van der Waals surface area (Å²) in [7, 11) is -3.84. The largest absolute Gasteiger partial charge is 0.353 e. The fourth-order valence-electron chi connectivity index (χ4n) is 5.25. The van der Waals surface area contributed by atoms with Gasteiger partial charge in [-0.25, -0.2) is 17.5 Å². The molecule has 3 aliphatic heterocycles. The van der Waals surface area contributed by atoms with E-state index in [9.17, 15) is 22.4 Å². The number of halogens is 1. The highest BCUT2D eigenvalue weighted by Crippen LogP contribution is 2.30. The van der Waals surface area contributed by atoms with Crippen molar-refractivity contribution in [2.75, 3.05) is 24.5 Å². The standard InChI is InChI=1S/C24H27FN4O4S/c25-17-5-8-20(9-6-17)34(32,33)27-18-13-22-24(31)26-14-19(29(22)15-18)7-10-23(30)28-12-11-16-3-1-2-4-21(16)28/h1-6,8-9,18-19,22,27H,7,10-15H2,(H,26,31). The number of benzene rings is 2. The summed E-state index contributed by atoms with van der Waals surface area (Å²) in [5.41, 5.74) is 2.15. The van der Waals surface area contributed by atoms with Crippen LogP contribution in [0.15, 0.2) is 53.4 Å². The van der Waals surface area contributed by atoms with E-state index in [1.807, 2.05) is 34.1 Å². The highest BCUT2D eigenvalue weighted by molar-refractivity contribution is 7.89. The highest BCUT2D eigenvalue weighted by Gasteiger charge is 2.44. The van der Waals surface area contributed by atoms with Gasteiger partial charge in [0.05, 0.1) is 10.9 Å². The molecule has 2 N–H and O–H groups in total. The molecule has 2 fully saturated rings. The average Bonchev–Trinajstić information content (AvgIpc) is 3.43. The van der Waals surface area contributed by atoms with Crippen LogP contribution in [0.25, 0.3) is 0 Å². The van der Waals surface area contributed by atoms with Gasteiger partial charge < -0.3 is 10.2 Å². The Kier molecular flexibility index (Phi) is 6.13. The third-order valence-electron chi connectivity index (χ3n) is 6.95. The fourth-order valence-corrected chi connectivity index (χ4v) is 6.49. The number of fused-ring (bicyclic) bond motifs is 2. The van der Waals surface area contributed by atoms with E-state index in [4.69, 9.17) is 0 Å². The number of carbonyl (C=O) groups is 2. The summed E-state index contributed by atoms with van der Waals surface area (Å²) >= 11 is 0. The van der Waals surface area contributed by atoms with Crippen molar-refractivity contribution in [1.29, 1.82) is 0 Å². The molecule has 2 saturated heterocycles. The number of sulfonamides is 1. The van der Waals surface area contributed by atoms with Gasteiger partial charge in [0.1, 0.15) is 5.82 Å². The average molecular weight is 487 g/mol. The van der Waals surface area contributed by atoms with Crippen molar-refractivity contribution >= 4 is 27.5 Å². The maximum atomic E-state index is 13.2. The number of nitrogens with zero attached hydrogens (tertiary/aromatic N) is 2. The maximum absolute atomic E-state index is 13.2. The SMILES string of the molecule is O=C1NCC(CCC(=O)N2CCc3ccccc32)N2CC(NS(=O)(=O)c3ccc(F)cc3)CC12. The Labute approximate surface area is 198 Å². The minimum Gasteiger partial charge on any atom is -0.353 e. The molecule has 3 heterocycles. The lowest BCUT2D eigenvalue weighted by Crippen LogP contribution is -2.58. The summed E-state index contributed by atoms with van der Waals surface area (Å²) in [6.45, 7) is 1.49. The van der Waals surface area contributed by atoms with Crippen LogP contribution in [0.5, 0.6) is 0 Å².